The Morgan fingerprint density at radius 2 is 1.96 bits per heavy atom. The highest BCUT2D eigenvalue weighted by atomic mass is 32.2. The number of rotatable bonds is 6. The Labute approximate surface area is 151 Å². The molecule has 1 N–H and O–H groups in total. The van der Waals surface area contributed by atoms with Gasteiger partial charge in [0.05, 0.1) is 18.2 Å². The zero-order valence-corrected chi connectivity index (χ0v) is 15.1. The fourth-order valence-corrected chi connectivity index (χ4v) is 4.23. The maximum absolute atomic E-state index is 13.8. The van der Waals surface area contributed by atoms with Gasteiger partial charge in [-0.25, -0.2) is 22.5 Å². The smallest absolute Gasteiger partial charge is 0.240 e. The average molecular weight is 381 g/mol. The van der Waals surface area contributed by atoms with E-state index in [9.17, 15) is 12.8 Å². The SMILES string of the molecule is COc1ccc(S(=O)(=O)NC2CCC(Oc3cnccn3)CC2)cc1F. The van der Waals surface area contributed by atoms with Gasteiger partial charge < -0.3 is 9.47 Å². The molecule has 7 nitrogen and oxygen atoms in total. The van der Waals surface area contributed by atoms with Gasteiger partial charge in [-0.05, 0) is 43.9 Å². The minimum atomic E-state index is -3.79. The molecule has 0 atom stereocenters. The van der Waals surface area contributed by atoms with Crippen LogP contribution in [0.2, 0.25) is 0 Å². The van der Waals surface area contributed by atoms with Crippen molar-refractivity contribution >= 4 is 10.0 Å². The van der Waals surface area contributed by atoms with Crippen molar-refractivity contribution in [1.29, 1.82) is 0 Å². The number of nitrogens with zero attached hydrogens (tertiary/aromatic N) is 2. The molecule has 0 aliphatic heterocycles. The second kappa shape index (κ2) is 7.96. The van der Waals surface area contributed by atoms with Gasteiger partial charge in [-0.1, -0.05) is 0 Å². The molecule has 9 heteroatoms. The van der Waals surface area contributed by atoms with E-state index in [0.29, 0.717) is 31.6 Å². The molecular weight excluding hydrogens is 361 g/mol. The Morgan fingerprint density at radius 3 is 2.58 bits per heavy atom. The summed E-state index contributed by atoms with van der Waals surface area (Å²) in [5.41, 5.74) is 0. The second-order valence-electron chi connectivity index (χ2n) is 6.05. The Bertz CT molecular complexity index is 840. The quantitative estimate of drug-likeness (QED) is 0.826. The molecule has 0 unspecified atom stereocenters. The van der Waals surface area contributed by atoms with Crippen molar-refractivity contribution in [2.75, 3.05) is 7.11 Å². The number of ether oxygens (including phenoxy) is 2. The van der Waals surface area contributed by atoms with E-state index in [1.54, 1.807) is 18.6 Å². The molecule has 1 aromatic carbocycles. The van der Waals surface area contributed by atoms with E-state index >= 15 is 0 Å². The minimum absolute atomic E-state index is 0.00520. The topological polar surface area (TPSA) is 90.4 Å². The third kappa shape index (κ3) is 4.47. The van der Waals surface area contributed by atoms with Gasteiger partial charge in [-0.2, -0.15) is 0 Å². The van der Waals surface area contributed by atoms with Crippen LogP contribution in [0.1, 0.15) is 25.7 Å². The molecule has 0 amide bonds. The number of sulfonamides is 1. The number of hydrogen-bond donors (Lipinski definition) is 1. The number of benzene rings is 1. The van der Waals surface area contributed by atoms with Crippen LogP contribution in [0.5, 0.6) is 11.6 Å². The molecule has 3 rings (SSSR count). The van der Waals surface area contributed by atoms with Crippen LogP contribution in [0.15, 0.2) is 41.7 Å². The van der Waals surface area contributed by atoms with Gasteiger partial charge in [0.15, 0.2) is 11.6 Å². The van der Waals surface area contributed by atoms with Crippen molar-refractivity contribution in [3.8, 4) is 11.6 Å². The van der Waals surface area contributed by atoms with Crippen molar-refractivity contribution in [1.82, 2.24) is 14.7 Å². The van der Waals surface area contributed by atoms with E-state index in [-0.39, 0.29) is 22.8 Å². The highest BCUT2D eigenvalue weighted by molar-refractivity contribution is 7.89. The van der Waals surface area contributed by atoms with Gasteiger partial charge in [-0.3, -0.25) is 4.98 Å². The Hall–Kier alpha value is -2.26. The zero-order chi connectivity index (χ0) is 18.6. The lowest BCUT2D eigenvalue weighted by molar-refractivity contribution is 0.138. The van der Waals surface area contributed by atoms with Crippen molar-refractivity contribution in [2.45, 2.75) is 42.7 Å². The summed E-state index contributed by atoms with van der Waals surface area (Å²) in [6.07, 6.45) is 7.30. The van der Waals surface area contributed by atoms with Crippen LogP contribution >= 0.6 is 0 Å². The van der Waals surface area contributed by atoms with Crippen LogP contribution in [0.4, 0.5) is 4.39 Å². The number of hydrogen-bond acceptors (Lipinski definition) is 6. The van der Waals surface area contributed by atoms with Crippen LogP contribution in [0, 0.1) is 5.82 Å². The van der Waals surface area contributed by atoms with E-state index in [4.69, 9.17) is 9.47 Å². The van der Waals surface area contributed by atoms with Gasteiger partial charge in [0.1, 0.15) is 6.10 Å². The van der Waals surface area contributed by atoms with Crippen LogP contribution in [-0.2, 0) is 10.0 Å². The van der Waals surface area contributed by atoms with E-state index < -0.39 is 15.8 Å². The van der Waals surface area contributed by atoms with Crippen LogP contribution in [-0.4, -0.2) is 37.6 Å². The summed E-state index contributed by atoms with van der Waals surface area (Å²) in [6.45, 7) is 0. The summed E-state index contributed by atoms with van der Waals surface area (Å²) in [7, 11) is -2.47. The van der Waals surface area contributed by atoms with Gasteiger partial charge in [-0.15, -0.1) is 0 Å². The molecule has 1 fully saturated rings. The molecule has 1 aliphatic rings. The first-order valence-corrected chi connectivity index (χ1v) is 9.75. The summed E-state index contributed by atoms with van der Waals surface area (Å²) in [5.74, 6) is -0.243. The van der Waals surface area contributed by atoms with Gasteiger partial charge in [0.2, 0.25) is 15.9 Å². The van der Waals surface area contributed by atoms with E-state index in [2.05, 4.69) is 14.7 Å². The number of halogens is 1. The zero-order valence-electron chi connectivity index (χ0n) is 14.3. The Balaban J connectivity index is 1.57. The lowest BCUT2D eigenvalue weighted by Gasteiger charge is -2.28. The monoisotopic (exact) mass is 381 g/mol. The summed E-state index contributed by atoms with van der Waals surface area (Å²) in [5, 5.41) is 0. The summed E-state index contributed by atoms with van der Waals surface area (Å²) < 4.78 is 51.9. The normalized spacial score (nSPS) is 20.5. The molecule has 0 radical (unpaired) electrons. The van der Waals surface area contributed by atoms with Crippen molar-refractivity contribution in [2.24, 2.45) is 0 Å². The maximum atomic E-state index is 13.8. The second-order valence-corrected chi connectivity index (χ2v) is 7.77. The number of methoxy groups -OCH3 is 1. The van der Waals surface area contributed by atoms with Crippen LogP contribution in [0.25, 0.3) is 0 Å². The predicted molar refractivity (Wildman–Crippen MR) is 92.0 cm³/mol. The van der Waals surface area contributed by atoms with E-state index in [0.717, 1.165) is 6.07 Å². The largest absolute Gasteiger partial charge is 0.494 e. The lowest BCUT2D eigenvalue weighted by atomic mass is 9.94. The Kier molecular flexibility index (Phi) is 5.67. The third-order valence-corrected chi connectivity index (χ3v) is 5.77. The summed E-state index contributed by atoms with van der Waals surface area (Å²) in [6, 6.07) is 3.37. The first kappa shape index (κ1) is 18.5. The van der Waals surface area contributed by atoms with Crippen LogP contribution < -0.4 is 14.2 Å². The molecular formula is C17H20FN3O4S. The van der Waals surface area contributed by atoms with Crippen LogP contribution in [0.3, 0.4) is 0 Å². The Morgan fingerprint density at radius 1 is 1.19 bits per heavy atom. The molecule has 26 heavy (non-hydrogen) atoms. The molecule has 1 aromatic heterocycles. The average Bonchev–Trinajstić information content (AvgIpc) is 2.64. The molecule has 1 aliphatic carbocycles. The van der Waals surface area contributed by atoms with E-state index in [1.165, 1.54) is 19.2 Å². The van der Waals surface area contributed by atoms with Crippen molar-refractivity contribution in [3.05, 3.63) is 42.6 Å². The predicted octanol–water partition coefficient (Wildman–Crippen LogP) is 2.29. The van der Waals surface area contributed by atoms with Gasteiger partial charge in [0.25, 0.3) is 0 Å². The minimum Gasteiger partial charge on any atom is -0.494 e. The molecule has 1 heterocycles. The fourth-order valence-electron chi connectivity index (χ4n) is 2.92. The highest BCUT2D eigenvalue weighted by Crippen LogP contribution is 2.25. The molecule has 0 spiro atoms. The van der Waals surface area contributed by atoms with E-state index in [1.807, 2.05) is 0 Å². The molecule has 140 valence electrons. The summed E-state index contributed by atoms with van der Waals surface area (Å²) in [4.78, 5) is 7.90. The van der Waals surface area contributed by atoms with Gasteiger partial charge >= 0.3 is 0 Å². The first-order valence-electron chi connectivity index (χ1n) is 8.26. The molecule has 0 saturated heterocycles. The third-order valence-electron chi connectivity index (χ3n) is 4.26. The molecule has 2 aromatic rings. The number of nitrogens with one attached hydrogen (secondary N) is 1. The number of aromatic nitrogens is 2. The standard InChI is InChI=1S/C17H20FN3O4S/c1-24-16-7-6-14(10-15(16)18)26(22,23)21-12-2-4-13(5-3-12)25-17-11-19-8-9-20-17/h6-13,21H,2-5H2,1H3. The highest BCUT2D eigenvalue weighted by Gasteiger charge is 2.27. The van der Waals surface area contributed by atoms with Crippen molar-refractivity contribution < 1.29 is 22.3 Å². The summed E-state index contributed by atoms with van der Waals surface area (Å²) >= 11 is 0. The van der Waals surface area contributed by atoms with Crippen molar-refractivity contribution in [3.63, 3.8) is 0 Å². The molecule has 0 bridgehead atoms. The molecule has 1 saturated carbocycles. The lowest BCUT2D eigenvalue weighted by Crippen LogP contribution is -2.39. The fraction of sp³-hybridized carbons (Fsp3) is 0.412. The first-order chi connectivity index (χ1) is 12.5. The maximum Gasteiger partial charge on any atom is 0.240 e. The van der Waals surface area contributed by atoms with Gasteiger partial charge in [0, 0.05) is 18.4 Å².